The van der Waals surface area contributed by atoms with E-state index in [0.29, 0.717) is 51.4 Å². The molecule has 0 fully saturated rings. The van der Waals surface area contributed by atoms with Gasteiger partial charge in [-0.05, 0) is 73.3 Å². The average Bonchev–Trinajstić information content (AvgIpc) is 2.87. The third kappa shape index (κ3) is 4.58. The van der Waals surface area contributed by atoms with Crippen molar-refractivity contribution >= 4 is 28.1 Å². The second kappa shape index (κ2) is 9.69. The molecule has 0 aliphatic carbocycles. The molecule has 0 aliphatic rings. The van der Waals surface area contributed by atoms with Crippen LogP contribution in [0.3, 0.4) is 0 Å². The van der Waals surface area contributed by atoms with E-state index in [-0.39, 0.29) is 17.1 Å². The SMILES string of the molecule is CCc1c(Oc2ccc(Nc3nccc4cc(C)n(-c5ccc(F)cc5)c(=O)c34)cc2F)ccnc1N. The zero-order valence-corrected chi connectivity index (χ0v) is 20.1. The minimum atomic E-state index is -0.609. The molecular formula is C28H23F2N5O2. The van der Waals surface area contributed by atoms with Gasteiger partial charge >= 0.3 is 0 Å². The molecule has 37 heavy (non-hydrogen) atoms. The smallest absolute Gasteiger partial charge is 0.266 e. The first-order valence-electron chi connectivity index (χ1n) is 11.6. The van der Waals surface area contributed by atoms with Crippen LogP contribution >= 0.6 is 0 Å². The summed E-state index contributed by atoms with van der Waals surface area (Å²) < 4.78 is 35.7. The van der Waals surface area contributed by atoms with Crippen molar-refractivity contribution in [3.63, 3.8) is 0 Å². The van der Waals surface area contributed by atoms with Crippen LogP contribution in [0.1, 0.15) is 18.2 Å². The summed E-state index contributed by atoms with van der Waals surface area (Å²) >= 11 is 0. The third-order valence-electron chi connectivity index (χ3n) is 6.02. The van der Waals surface area contributed by atoms with Crippen LogP contribution in [0.2, 0.25) is 0 Å². The van der Waals surface area contributed by atoms with Crippen LogP contribution in [-0.2, 0) is 6.42 Å². The molecule has 9 heteroatoms. The lowest BCUT2D eigenvalue weighted by Crippen LogP contribution is -2.21. The maximum atomic E-state index is 15.0. The Bertz CT molecular complexity index is 1680. The third-order valence-corrected chi connectivity index (χ3v) is 6.02. The molecule has 3 heterocycles. The predicted molar refractivity (Wildman–Crippen MR) is 140 cm³/mol. The first kappa shape index (κ1) is 23.9. The van der Waals surface area contributed by atoms with E-state index in [1.165, 1.54) is 47.2 Å². The Morgan fingerprint density at radius 1 is 0.973 bits per heavy atom. The quantitative estimate of drug-likeness (QED) is 0.295. The average molecular weight is 500 g/mol. The fourth-order valence-electron chi connectivity index (χ4n) is 4.25. The number of rotatable bonds is 6. The van der Waals surface area contributed by atoms with Gasteiger partial charge in [-0.25, -0.2) is 18.7 Å². The largest absolute Gasteiger partial charge is 0.454 e. The predicted octanol–water partition coefficient (Wildman–Crippen LogP) is 6.05. The van der Waals surface area contributed by atoms with Crippen LogP contribution in [-0.4, -0.2) is 14.5 Å². The van der Waals surface area contributed by atoms with E-state index >= 15 is 4.39 Å². The van der Waals surface area contributed by atoms with Gasteiger partial charge in [-0.3, -0.25) is 9.36 Å². The standard InChI is InChI=1S/C28H23F2N5O2/c1-3-21-23(11-13-32-26(21)31)37-24-9-6-19(15-22(24)30)34-27-25-17(10-12-33-27)14-16(2)35(28(25)36)20-7-4-18(29)5-8-20/h4-15H,3H2,1-2H3,(H2,31,32)(H,33,34). The highest BCUT2D eigenvalue weighted by atomic mass is 19.1. The van der Waals surface area contributed by atoms with Gasteiger partial charge in [-0.2, -0.15) is 0 Å². The summed E-state index contributed by atoms with van der Waals surface area (Å²) in [6, 6.07) is 15.2. The molecule has 0 atom stereocenters. The molecule has 0 unspecified atom stereocenters. The van der Waals surface area contributed by atoms with E-state index in [1.807, 2.05) is 13.0 Å². The molecule has 0 saturated carbocycles. The van der Waals surface area contributed by atoms with Gasteiger partial charge < -0.3 is 15.8 Å². The molecule has 3 N–H and O–H groups in total. The van der Waals surface area contributed by atoms with E-state index in [1.54, 1.807) is 31.3 Å². The minimum Gasteiger partial charge on any atom is -0.454 e. The van der Waals surface area contributed by atoms with Crippen molar-refractivity contribution in [2.75, 3.05) is 11.1 Å². The Morgan fingerprint density at radius 3 is 2.46 bits per heavy atom. The van der Waals surface area contributed by atoms with Gasteiger partial charge in [-0.1, -0.05) is 6.92 Å². The highest BCUT2D eigenvalue weighted by molar-refractivity contribution is 5.93. The highest BCUT2D eigenvalue weighted by Crippen LogP contribution is 2.32. The van der Waals surface area contributed by atoms with E-state index in [4.69, 9.17) is 10.5 Å². The van der Waals surface area contributed by atoms with Gasteiger partial charge in [0.1, 0.15) is 23.2 Å². The normalized spacial score (nSPS) is 11.0. The molecule has 186 valence electrons. The van der Waals surface area contributed by atoms with Crippen LogP contribution in [0.15, 0.2) is 77.9 Å². The van der Waals surface area contributed by atoms with Crippen molar-refractivity contribution in [2.24, 2.45) is 0 Å². The minimum absolute atomic E-state index is 0.0195. The van der Waals surface area contributed by atoms with E-state index in [2.05, 4.69) is 15.3 Å². The summed E-state index contributed by atoms with van der Waals surface area (Å²) in [5, 5.41) is 4.03. The molecular weight excluding hydrogens is 476 g/mol. The number of aromatic nitrogens is 3. The molecule has 0 saturated heterocycles. The molecule has 0 bridgehead atoms. The fourth-order valence-corrected chi connectivity index (χ4v) is 4.25. The van der Waals surface area contributed by atoms with Crippen molar-refractivity contribution in [1.82, 2.24) is 14.5 Å². The van der Waals surface area contributed by atoms with Crippen molar-refractivity contribution in [3.05, 3.63) is 106 Å². The number of nitrogens with one attached hydrogen (secondary N) is 1. The number of nitrogen functional groups attached to an aromatic ring is 1. The van der Waals surface area contributed by atoms with Gasteiger partial charge in [0.25, 0.3) is 5.56 Å². The van der Waals surface area contributed by atoms with Gasteiger partial charge in [-0.15, -0.1) is 0 Å². The maximum absolute atomic E-state index is 15.0. The van der Waals surface area contributed by atoms with Gasteiger partial charge in [0.2, 0.25) is 0 Å². The number of ether oxygens (including phenoxy) is 1. The summed E-state index contributed by atoms with van der Waals surface area (Å²) in [6.07, 6.45) is 3.65. The molecule has 5 rings (SSSR count). The van der Waals surface area contributed by atoms with Crippen molar-refractivity contribution in [3.8, 4) is 17.2 Å². The van der Waals surface area contributed by atoms with Crippen LogP contribution < -0.4 is 21.3 Å². The number of hydrogen-bond donors (Lipinski definition) is 2. The molecule has 7 nitrogen and oxygen atoms in total. The Labute approximate surface area is 211 Å². The Morgan fingerprint density at radius 2 is 1.73 bits per heavy atom. The number of aryl methyl sites for hydroxylation is 1. The molecule has 0 radical (unpaired) electrons. The van der Waals surface area contributed by atoms with E-state index in [0.717, 1.165) is 0 Å². The van der Waals surface area contributed by atoms with Gasteiger partial charge in [0.15, 0.2) is 11.6 Å². The highest BCUT2D eigenvalue weighted by Gasteiger charge is 2.15. The monoisotopic (exact) mass is 499 g/mol. The summed E-state index contributed by atoms with van der Waals surface area (Å²) in [6.45, 7) is 3.71. The number of fused-ring (bicyclic) bond motifs is 1. The lowest BCUT2D eigenvalue weighted by molar-refractivity contribution is 0.438. The van der Waals surface area contributed by atoms with Crippen LogP contribution in [0.25, 0.3) is 16.5 Å². The van der Waals surface area contributed by atoms with Crippen molar-refractivity contribution < 1.29 is 13.5 Å². The first-order valence-corrected chi connectivity index (χ1v) is 11.6. The number of hydrogen-bond acceptors (Lipinski definition) is 6. The van der Waals surface area contributed by atoms with Gasteiger partial charge in [0.05, 0.1) is 5.39 Å². The fraction of sp³-hybridized carbons (Fsp3) is 0.107. The van der Waals surface area contributed by atoms with Crippen molar-refractivity contribution in [1.29, 1.82) is 0 Å². The summed E-state index contributed by atoms with van der Waals surface area (Å²) in [5.74, 6) is 0.0474. The lowest BCUT2D eigenvalue weighted by Gasteiger charge is -2.15. The number of halogens is 2. The van der Waals surface area contributed by atoms with Crippen LogP contribution in [0.4, 0.5) is 26.1 Å². The number of nitrogens with zero attached hydrogens (tertiary/aromatic N) is 3. The van der Waals surface area contributed by atoms with E-state index in [9.17, 15) is 9.18 Å². The molecule has 2 aromatic carbocycles. The summed E-state index contributed by atoms with van der Waals surface area (Å²) in [4.78, 5) is 21.9. The number of nitrogens with two attached hydrogens (primary N) is 1. The molecule has 0 spiro atoms. The summed E-state index contributed by atoms with van der Waals surface area (Å²) in [7, 11) is 0. The maximum Gasteiger partial charge on any atom is 0.266 e. The number of anilines is 3. The Kier molecular flexibility index (Phi) is 6.27. The summed E-state index contributed by atoms with van der Waals surface area (Å²) in [5.41, 5.74) is 7.85. The molecule has 5 aromatic rings. The van der Waals surface area contributed by atoms with E-state index < -0.39 is 11.6 Å². The lowest BCUT2D eigenvalue weighted by atomic mass is 10.1. The molecule has 0 aliphatic heterocycles. The number of pyridine rings is 3. The Balaban J connectivity index is 1.51. The zero-order valence-electron chi connectivity index (χ0n) is 20.1. The van der Waals surface area contributed by atoms with Gasteiger partial charge in [0, 0.05) is 41.1 Å². The zero-order chi connectivity index (χ0) is 26.1. The first-order chi connectivity index (χ1) is 17.9. The molecule has 3 aromatic heterocycles. The second-order valence-corrected chi connectivity index (χ2v) is 8.43. The topological polar surface area (TPSA) is 95.1 Å². The Hall–Kier alpha value is -4.79. The second-order valence-electron chi connectivity index (χ2n) is 8.43. The van der Waals surface area contributed by atoms with Crippen LogP contribution in [0, 0.1) is 18.6 Å². The van der Waals surface area contributed by atoms with Crippen LogP contribution in [0.5, 0.6) is 11.5 Å². The van der Waals surface area contributed by atoms with Crippen molar-refractivity contribution in [2.45, 2.75) is 20.3 Å². The molecule has 0 amide bonds. The number of benzene rings is 2.